The Morgan fingerprint density at radius 1 is 1.20 bits per heavy atom. The van der Waals surface area contributed by atoms with Gasteiger partial charge >= 0.3 is 0 Å². The van der Waals surface area contributed by atoms with E-state index in [1.54, 1.807) is 11.3 Å². The minimum absolute atomic E-state index is 0.0230. The van der Waals surface area contributed by atoms with Crippen molar-refractivity contribution in [3.63, 3.8) is 0 Å². The molecule has 4 heteroatoms. The summed E-state index contributed by atoms with van der Waals surface area (Å²) in [7, 11) is 0. The fourth-order valence-corrected chi connectivity index (χ4v) is 3.76. The van der Waals surface area contributed by atoms with E-state index < -0.39 is 0 Å². The molecule has 0 aliphatic heterocycles. The highest BCUT2D eigenvalue weighted by molar-refractivity contribution is 7.12. The van der Waals surface area contributed by atoms with Crippen LogP contribution in [0.4, 0.5) is 0 Å². The Hall–Kier alpha value is -1.16. The number of hydrogen-bond acceptors (Lipinski definition) is 3. The summed E-state index contributed by atoms with van der Waals surface area (Å²) >= 11 is 1.64. The molecule has 1 aromatic rings. The van der Waals surface area contributed by atoms with Gasteiger partial charge in [0, 0.05) is 34.2 Å². The first-order valence-corrected chi connectivity index (χ1v) is 8.27. The molecule has 0 aromatic carbocycles. The number of amides is 1. The maximum atomic E-state index is 12.1. The Balaban J connectivity index is 1.78. The quantitative estimate of drug-likeness (QED) is 0.840. The van der Waals surface area contributed by atoms with Crippen LogP contribution in [-0.2, 0) is 4.79 Å². The van der Waals surface area contributed by atoms with Gasteiger partial charge in [-0.1, -0.05) is 19.3 Å². The van der Waals surface area contributed by atoms with Crippen molar-refractivity contribution in [1.82, 2.24) is 5.32 Å². The van der Waals surface area contributed by atoms with E-state index in [1.165, 1.54) is 19.3 Å². The van der Waals surface area contributed by atoms with Crippen molar-refractivity contribution in [2.24, 2.45) is 0 Å². The first-order valence-electron chi connectivity index (χ1n) is 7.46. The summed E-state index contributed by atoms with van der Waals surface area (Å²) in [6.45, 7) is 3.97. The standard InChI is InChI=1S/C16H23NO2S/c1-11-10-14(12(2)20-11)15(18)8-9-16(19)17-13-6-4-3-5-7-13/h10,13H,3-9H2,1-2H3,(H,17,19). The van der Waals surface area contributed by atoms with Crippen LogP contribution in [0.3, 0.4) is 0 Å². The Bertz CT molecular complexity index is 487. The van der Waals surface area contributed by atoms with Crippen LogP contribution in [0.2, 0.25) is 0 Å². The molecule has 2 rings (SSSR count). The smallest absolute Gasteiger partial charge is 0.220 e. The highest BCUT2D eigenvalue weighted by Crippen LogP contribution is 2.22. The number of hydrogen-bond donors (Lipinski definition) is 1. The van der Waals surface area contributed by atoms with E-state index >= 15 is 0 Å². The lowest BCUT2D eigenvalue weighted by Gasteiger charge is -2.22. The summed E-state index contributed by atoms with van der Waals surface area (Å²) in [5.74, 6) is 0.112. The minimum Gasteiger partial charge on any atom is -0.353 e. The number of aryl methyl sites for hydroxylation is 2. The summed E-state index contributed by atoms with van der Waals surface area (Å²) in [6.07, 6.45) is 6.49. The largest absolute Gasteiger partial charge is 0.353 e. The molecular weight excluding hydrogens is 270 g/mol. The summed E-state index contributed by atoms with van der Waals surface area (Å²) in [6, 6.07) is 2.26. The molecule has 0 atom stereocenters. The van der Waals surface area contributed by atoms with Crippen molar-refractivity contribution in [3.8, 4) is 0 Å². The molecule has 110 valence electrons. The van der Waals surface area contributed by atoms with E-state index in [4.69, 9.17) is 0 Å². The first kappa shape index (κ1) is 15.2. The third-order valence-electron chi connectivity index (χ3n) is 3.89. The molecule has 20 heavy (non-hydrogen) atoms. The third-order valence-corrected chi connectivity index (χ3v) is 4.86. The maximum absolute atomic E-state index is 12.1. The van der Waals surface area contributed by atoms with Crippen molar-refractivity contribution >= 4 is 23.0 Å². The minimum atomic E-state index is 0.0230. The van der Waals surface area contributed by atoms with Crippen LogP contribution >= 0.6 is 11.3 Å². The fourth-order valence-electron chi connectivity index (χ4n) is 2.82. The van der Waals surface area contributed by atoms with Crippen molar-refractivity contribution in [2.45, 2.75) is 64.8 Å². The van der Waals surface area contributed by atoms with Crippen LogP contribution in [0.15, 0.2) is 6.07 Å². The number of carbonyl (C=O) groups excluding carboxylic acids is 2. The van der Waals surface area contributed by atoms with Gasteiger partial charge in [0.15, 0.2) is 5.78 Å². The lowest BCUT2D eigenvalue weighted by Crippen LogP contribution is -2.36. The lowest BCUT2D eigenvalue weighted by molar-refractivity contribution is -0.121. The number of nitrogens with one attached hydrogen (secondary N) is 1. The van der Waals surface area contributed by atoms with E-state index in [1.807, 2.05) is 19.9 Å². The molecule has 0 unspecified atom stereocenters. The van der Waals surface area contributed by atoms with Gasteiger partial charge in [-0.3, -0.25) is 9.59 Å². The summed E-state index contributed by atoms with van der Waals surface area (Å²) < 4.78 is 0. The second-order valence-electron chi connectivity index (χ2n) is 5.65. The first-order chi connectivity index (χ1) is 9.56. The molecular formula is C16H23NO2S. The zero-order valence-electron chi connectivity index (χ0n) is 12.3. The van der Waals surface area contributed by atoms with Crippen LogP contribution < -0.4 is 5.32 Å². The predicted molar refractivity (Wildman–Crippen MR) is 82.4 cm³/mol. The van der Waals surface area contributed by atoms with Gasteiger partial charge in [-0.15, -0.1) is 11.3 Å². The van der Waals surface area contributed by atoms with Crippen molar-refractivity contribution in [1.29, 1.82) is 0 Å². The molecule has 1 saturated carbocycles. The fraction of sp³-hybridized carbons (Fsp3) is 0.625. The van der Waals surface area contributed by atoms with Gasteiger partial charge < -0.3 is 5.32 Å². The van der Waals surface area contributed by atoms with Gasteiger partial charge in [0.25, 0.3) is 0 Å². The van der Waals surface area contributed by atoms with E-state index in [0.717, 1.165) is 28.2 Å². The lowest BCUT2D eigenvalue weighted by atomic mass is 9.95. The molecule has 0 bridgehead atoms. The van der Waals surface area contributed by atoms with Crippen LogP contribution in [0, 0.1) is 13.8 Å². The van der Waals surface area contributed by atoms with Crippen molar-refractivity contribution in [2.75, 3.05) is 0 Å². The van der Waals surface area contributed by atoms with E-state index in [2.05, 4.69) is 5.32 Å². The normalized spacial score (nSPS) is 16.1. The Morgan fingerprint density at radius 3 is 2.50 bits per heavy atom. The highest BCUT2D eigenvalue weighted by Gasteiger charge is 2.17. The number of thiophene rings is 1. The summed E-state index contributed by atoms with van der Waals surface area (Å²) in [5, 5.41) is 3.06. The summed E-state index contributed by atoms with van der Waals surface area (Å²) in [4.78, 5) is 26.2. The molecule has 1 aliphatic rings. The SMILES string of the molecule is Cc1cc(C(=O)CCC(=O)NC2CCCCC2)c(C)s1. The van der Waals surface area contributed by atoms with Crippen LogP contribution in [-0.4, -0.2) is 17.7 Å². The van der Waals surface area contributed by atoms with Crippen molar-refractivity contribution in [3.05, 3.63) is 21.4 Å². The van der Waals surface area contributed by atoms with Gasteiger partial charge in [0.05, 0.1) is 0 Å². The molecule has 0 radical (unpaired) electrons. The topological polar surface area (TPSA) is 46.2 Å². The highest BCUT2D eigenvalue weighted by atomic mass is 32.1. The van der Waals surface area contributed by atoms with Crippen LogP contribution in [0.25, 0.3) is 0 Å². The van der Waals surface area contributed by atoms with Gasteiger partial charge in [0.1, 0.15) is 0 Å². The monoisotopic (exact) mass is 293 g/mol. The maximum Gasteiger partial charge on any atom is 0.220 e. The number of carbonyl (C=O) groups is 2. The van der Waals surface area contributed by atoms with Gasteiger partial charge in [-0.2, -0.15) is 0 Å². The second-order valence-corrected chi connectivity index (χ2v) is 7.11. The molecule has 1 fully saturated rings. The van der Waals surface area contributed by atoms with E-state index in [9.17, 15) is 9.59 Å². The molecule has 0 spiro atoms. The Kier molecular flexibility index (Phi) is 5.35. The Morgan fingerprint density at radius 2 is 1.90 bits per heavy atom. The molecule has 3 nitrogen and oxygen atoms in total. The van der Waals surface area contributed by atoms with E-state index in [-0.39, 0.29) is 11.7 Å². The zero-order valence-corrected chi connectivity index (χ0v) is 13.1. The molecule has 1 amide bonds. The van der Waals surface area contributed by atoms with Gasteiger partial charge in [-0.25, -0.2) is 0 Å². The second kappa shape index (κ2) is 7.02. The molecule has 1 aliphatic carbocycles. The average Bonchev–Trinajstić information content (AvgIpc) is 2.76. The third kappa shape index (κ3) is 4.17. The average molecular weight is 293 g/mol. The van der Waals surface area contributed by atoms with Crippen molar-refractivity contribution < 1.29 is 9.59 Å². The van der Waals surface area contributed by atoms with Crippen LogP contribution in [0.5, 0.6) is 0 Å². The summed E-state index contributed by atoms with van der Waals surface area (Å²) in [5.41, 5.74) is 0.790. The number of rotatable bonds is 5. The zero-order chi connectivity index (χ0) is 14.5. The van der Waals surface area contributed by atoms with E-state index in [0.29, 0.717) is 18.9 Å². The molecule has 1 heterocycles. The molecule has 0 saturated heterocycles. The molecule has 1 aromatic heterocycles. The molecule has 1 N–H and O–H groups in total. The number of ketones is 1. The predicted octanol–water partition coefficient (Wildman–Crippen LogP) is 3.78. The number of Topliss-reactive ketones (excluding diaryl/α,β-unsaturated/α-hetero) is 1. The van der Waals surface area contributed by atoms with Gasteiger partial charge in [0.2, 0.25) is 5.91 Å². The Labute approximate surface area is 124 Å². The van der Waals surface area contributed by atoms with Crippen LogP contribution in [0.1, 0.15) is 65.1 Å². The van der Waals surface area contributed by atoms with Gasteiger partial charge in [-0.05, 0) is 32.8 Å².